The first-order valence-electron chi connectivity index (χ1n) is 4.64. The summed E-state index contributed by atoms with van der Waals surface area (Å²) in [6.07, 6.45) is 1.52. The summed E-state index contributed by atoms with van der Waals surface area (Å²) >= 11 is 7.04. The van der Waals surface area contributed by atoms with Crippen molar-refractivity contribution in [2.75, 3.05) is 17.6 Å². The van der Waals surface area contributed by atoms with Gasteiger partial charge in [-0.25, -0.2) is 13.4 Å². The first kappa shape index (κ1) is 11.2. The van der Waals surface area contributed by atoms with E-state index in [1.165, 1.54) is 11.3 Å². The molecule has 84 valence electrons. The van der Waals surface area contributed by atoms with E-state index in [1.54, 1.807) is 5.38 Å². The average Bonchev–Trinajstić information content (AvgIpc) is 2.69. The Labute approximate surface area is 97.6 Å². The van der Waals surface area contributed by atoms with Crippen LogP contribution in [0.5, 0.6) is 0 Å². The van der Waals surface area contributed by atoms with E-state index in [9.17, 15) is 8.42 Å². The molecule has 1 saturated heterocycles. The second kappa shape index (κ2) is 4.27. The number of nitrogens with one attached hydrogen (secondary N) is 1. The molecule has 0 bridgehead atoms. The van der Waals surface area contributed by atoms with Crippen molar-refractivity contribution in [3.8, 4) is 0 Å². The maximum Gasteiger partial charge on any atom is 0.184 e. The van der Waals surface area contributed by atoms with Crippen LogP contribution in [0.25, 0.3) is 0 Å². The SMILES string of the molecule is O=S1(=O)CCCC1CNc1nc(Cl)cs1. The summed E-state index contributed by atoms with van der Waals surface area (Å²) in [4.78, 5) is 4.00. The first-order valence-corrected chi connectivity index (χ1v) is 7.62. The van der Waals surface area contributed by atoms with Crippen LogP contribution < -0.4 is 5.32 Å². The van der Waals surface area contributed by atoms with Gasteiger partial charge in [0.05, 0.1) is 11.0 Å². The van der Waals surface area contributed by atoms with Crippen molar-refractivity contribution in [1.29, 1.82) is 0 Å². The number of hydrogen-bond donors (Lipinski definition) is 1. The molecule has 0 saturated carbocycles. The smallest absolute Gasteiger partial charge is 0.184 e. The van der Waals surface area contributed by atoms with Crippen LogP contribution in [0.1, 0.15) is 12.8 Å². The van der Waals surface area contributed by atoms with Crippen molar-refractivity contribution in [3.63, 3.8) is 0 Å². The lowest BCUT2D eigenvalue weighted by Crippen LogP contribution is -2.24. The highest BCUT2D eigenvalue weighted by Gasteiger charge is 2.30. The molecule has 7 heteroatoms. The van der Waals surface area contributed by atoms with E-state index in [2.05, 4.69) is 10.3 Å². The molecule has 0 spiro atoms. The molecule has 0 aromatic carbocycles. The summed E-state index contributed by atoms with van der Waals surface area (Å²) in [6, 6.07) is 0. The highest BCUT2D eigenvalue weighted by atomic mass is 35.5. The number of sulfone groups is 1. The van der Waals surface area contributed by atoms with E-state index < -0.39 is 9.84 Å². The van der Waals surface area contributed by atoms with E-state index in [1.807, 2.05) is 0 Å². The van der Waals surface area contributed by atoms with E-state index in [-0.39, 0.29) is 5.25 Å². The quantitative estimate of drug-likeness (QED) is 0.906. The van der Waals surface area contributed by atoms with E-state index in [0.717, 1.165) is 12.8 Å². The van der Waals surface area contributed by atoms with Gasteiger partial charge in [-0.15, -0.1) is 11.3 Å². The van der Waals surface area contributed by atoms with Crippen LogP contribution in [0, 0.1) is 0 Å². The zero-order valence-corrected chi connectivity index (χ0v) is 10.3. The zero-order chi connectivity index (χ0) is 10.9. The summed E-state index contributed by atoms with van der Waals surface area (Å²) in [6.45, 7) is 0.437. The Morgan fingerprint density at radius 1 is 1.67 bits per heavy atom. The maximum atomic E-state index is 11.5. The Morgan fingerprint density at radius 3 is 3.00 bits per heavy atom. The molecule has 1 aromatic rings. The van der Waals surface area contributed by atoms with Crippen LogP contribution in [-0.4, -0.2) is 30.9 Å². The van der Waals surface area contributed by atoms with Gasteiger partial charge in [-0.05, 0) is 12.8 Å². The summed E-state index contributed by atoms with van der Waals surface area (Å²) in [5.74, 6) is 0.317. The third-order valence-electron chi connectivity index (χ3n) is 2.42. The van der Waals surface area contributed by atoms with Gasteiger partial charge in [0.2, 0.25) is 0 Å². The lowest BCUT2D eigenvalue weighted by Gasteiger charge is -2.09. The predicted molar refractivity (Wildman–Crippen MR) is 62.4 cm³/mol. The minimum Gasteiger partial charge on any atom is -0.360 e. The largest absolute Gasteiger partial charge is 0.360 e. The van der Waals surface area contributed by atoms with E-state index >= 15 is 0 Å². The van der Waals surface area contributed by atoms with Crippen LogP contribution in [0.3, 0.4) is 0 Å². The molecular formula is C8H11ClN2O2S2. The second-order valence-corrected chi connectivity index (χ2v) is 7.13. The van der Waals surface area contributed by atoms with Crippen molar-refractivity contribution in [1.82, 2.24) is 4.98 Å². The van der Waals surface area contributed by atoms with Crippen LogP contribution in [0.15, 0.2) is 5.38 Å². The first-order chi connectivity index (χ1) is 7.08. The molecule has 2 heterocycles. The molecule has 1 aliphatic heterocycles. The van der Waals surface area contributed by atoms with Crippen LogP contribution in [0.4, 0.5) is 5.13 Å². The number of halogens is 1. The molecule has 1 atom stereocenters. The zero-order valence-electron chi connectivity index (χ0n) is 7.94. The second-order valence-electron chi connectivity index (χ2n) is 3.49. The highest BCUT2D eigenvalue weighted by Crippen LogP contribution is 2.22. The van der Waals surface area contributed by atoms with Gasteiger partial charge in [0.15, 0.2) is 15.0 Å². The molecule has 1 aliphatic rings. The Hall–Kier alpha value is -0.330. The molecule has 4 nitrogen and oxygen atoms in total. The van der Waals surface area contributed by atoms with E-state index in [0.29, 0.717) is 22.6 Å². The van der Waals surface area contributed by atoms with Gasteiger partial charge in [-0.1, -0.05) is 11.6 Å². The van der Waals surface area contributed by atoms with Gasteiger partial charge in [-0.2, -0.15) is 0 Å². The molecule has 0 aliphatic carbocycles. The molecule has 1 fully saturated rings. The van der Waals surface area contributed by atoms with Crippen molar-refractivity contribution < 1.29 is 8.42 Å². The summed E-state index contributed by atoms with van der Waals surface area (Å²) in [5, 5.41) is 5.58. The van der Waals surface area contributed by atoms with Crippen molar-refractivity contribution >= 4 is 37.9 Å². The van der Waals surface area contributed by atoms with Gasteiger partial charge in [0.1, 0.15) is 5.15 Å². The fourth-order valence-electron chi connectivity index (χ4n) is 1.62. The predicted octanol–water partition coefficient (Wildman–Crippen LogP) is 1.79. The minimum absolute atomic E-state index is 0.264. The van der Waals surface area contributed by atoms with Gasteiger partial charge < -0.3 is 5.32 Å². The Morgan fingerprint density at radius 2 is 2.47 bits per heavy atom. The number of aromatic nitrogens is 1. The molecule has 2 rings (SSSR count). The van der Waals surface area contributed by atoms with Crippen molar-refractivity contribution in [3.05, 3.63) is 10.5 Å². The summed E-state index contributed by atoms with van der Waals surface area (Å²) < 4.78 is 23.0. The lowest BCUT2D eigenvalue weighted by atomic mass is 10.2. The Kier molecular flexibility index (Phi) is 3.18. The average molecular weight is 267 g/mol. The molecule has 0 amide bonds. The number of nitrogens with zero attached hydrogens (tertiary/aromatic N) is 1. The minimum atomic E-state index is -2.87. The monoisotopic (exact) mass is 266 g/mol. The number of anilines is 1. The van der Waals surface area contributed by atoms with Crippen molar-refractivity contribution in [2.45, 2.75) is 18.1 Å². The van der Waals surface area contributed by atoms with Gasteiger partial charge in [-0.3, -0.25) is 0 Å². The Bertz CT molecular complexity index is 443. The fourth-order valence-corrected chi connectivity index (χ4v) is 4.24. The van der Waals surface area contributed by atoms with Gasteiger partial charge in [0.25, 0.3) is 0 Å². The molecular weight excluding hydrogens is 256 g/mol. The van der Waals surface area contributed by atoms with Gasteiger partial charge >= 0.3 is 0 Å². The molecule has 1 unspecified atom stereocenters. The highest BCUT2D eigenvalue weighted by molar-refractivity contribution is 7.92. The molecule has 1 aromatic heterocycles. The van der Waals surface area contributed by atoms with Crippen molar-refractivity contribution in [2.24, 2.45) is 0 Å². The molecule has 15 heavy (non-hydrogen) atoms. The van der Waals surface area contributed by atoms with Gasteiger partial charge in [0, 0.05) is 11.9 Å². The number of thiazole rings is 1. The third kappa shape index (κ3) is 2.62. The van der Waals surface area contributed by atoms with Crippen LogP contribution in [-0.2, 0) is 9.84 Å². The summed E-state index contributed by atoms with van der Waals surface area (Å²) in [7, 11) is -2.87. The van der Waals surface area contributed by atoms with Crippen LogP contribution >= 0.6 is 22.9 Å². The molecule has 0 radical (unpaired) electrons. The Balaban J connectivity index is 1.94. The lowest BCUT2D eigenvalue weighted by molar-refractivity contribution is 0.591. The topological polar surface area (TPSA) is 59.1 Å². The fraction of sp³-hybridized carbons (Fsp3) is 0.625. The maximum absolute atomic E-state index is 11.5. The number of hydrogen-bond acceptors (Lipinski definition) is 5. The normalized spacial score (nSPS) is 24.2. The number of rotatable bonds is 3. The van der Waals surface area contributed by atoms with Crippen LogP contribution in [0.2, 0.25) is 5.15 Å². The van der Waals surface area contributed by atoms with E-state index in [4.69, 9.17) is 11.6 Å². The standard InChI is InChI=1S/C8H11ClN2O2S2/c9-7-5-14-8(11-7)10-4-6-2-1-3-15(6,12)13/h5-6H,1-4H2,(H,10,11). The molecule has 1 N–H and O–H groups in total. The summed E-state index contributed by atoms with van der Waals surface area (Å²) in [5.41, 5.74) is 0. The third-order valence-corrected chi connectivity index (χ3v) is 5.82.